The molecule has 0 aliphatic carbocycles. The minimum absolute atomic E-state index is 0. The highest BCUT2D eigenvalue weighted by Crippen LogP contribution is 2.19. The standard InChI is InChI=1S/C10H18.CH4/c1-5-7-10(8-6-2)9(3)4;/h5-6,9-10H,1-2,7-8H2,3-4H3;1H4. The van der Waals surface area contributed by atoms with Gasteiger partial charge in [0.25, 0.3) is 0 Å². The Morgan fingerprint density at radius 2 is 1.45 bits per heavy atom. The first-order valence-electron chi connectivity index (χ1n) is 3.94. The molecule has 0 heteroatoms. The van der Waals surface area contributed by atoms with Crippen LogP contribution in [0.5, 0.6) is 0 Å². The molecule has 0 bridgehead atoms. The van der Waals surface area contributed by atoms with E-state index in [1.165, 1.54) is 0 Å². The lowest BCUT2D eigenvalue weighted by atomic mass is 9.90. The molecular formula is C11H22. The van der Waals surface area contributed by atoms with Crippen molar-refractivity contribution in [3.8, 4) is 0 Å². The summed E-state index contributed by atoms with van der Waals surface area (Å²) < 4.78 is 0. The van der Waals surface area contributed by atoms with Crippen molar-refractivity contribution in [3.63, 3.8) is 0 Å². The summed E-state index contributed by atoms with van der Waals surface area (Å²) in [6, 6.07) is 0. The Morgan fingerprint density at radius 3 is 1.64 bits per heavy atom. The lowest BCUT2D eigenvalue weighted by Crippen LogP contribution is -2.05. The van der Waals surface area contributed by atoms with E-state index in [4.69, 9.17) is 0 Å². The molecular weight excluding hydrogens is 132 g/mol. The summed E-state index contributed by atoms with van der Waals surface area (Å²) in [4.78, 5) is 0. The maximum atomic E-state index is 3.73. The van der Waals surface area contributed by atoms with Crippen molar-refractivity contribution in [2.75, 3.05) is 0 Å². The molecule has 0 spiro atoms. The van der Waals surface area contributed by atoms with Crippen molar-refractivity contribution in [2.24, 2.45) is 11.8 Å². The first-order chi connectivity index (χ1) is 4.72. The number of hydrogen-bond acceptors (Lipinski definition) is 0. The average Bonchev–Trinajstić information content (AvgIpc) is 1.87. The zero-order valence-electron chi connectivity index (χ0n) is 7.14. The van der Waals surface area contributed by atoms with Crippen molar-refractivity contribution in [1.82, 2.24) is 0 Å². The molecule has 0 saturated heterocycles. The second kappa shape index (κ2) is 7.59. The summed E-state index contributed by atoms with van der Waals surface area (Å²) in [6.07, 6.45) is 6.22. The Bertz CT molecular complexity index is 90.6. The first-order valence-corrected chi connectivity index (χ1v) is 3.94. The van der Waals surface area contributed by atoms with Gasteiger partial charge < -0.3 is 0 Å². The van der Waals surface area contributed by atoms with E-state index in [9.17, 15) is 0 Å². The van der Waals surface area contributed by atoms with Crippen LogP contribution in [0, 0.1) is 11.8 Å². The monoisotopic (exact) mass is 154 g/mol. The van der Waals surface area contributed by atoms with Crippen molar-refractivity contribution < 1.29 is 0 Å². The molecule has 0 nitrogen and oxygen atoms in total. The van der Waals surface area contributed by atoms with Gasteiger partial charge in [0, 0.05) is 0 Å². The van der Waals surface area contributed by atoms with E-state index < -0.39 is 0 Å². The molecule has 0 aromatic heterocycles. The fraction of sp³-hybridized carbons (Fsp3) is 0.636. The predicted octanol–water partition coefficient (Wildman–Crippen LogP) is 4.05. The van der Waals surface area contributed by atoms with Gasteiger partial charge in [-0.15, -0.1) is 13.2 Å². The third kappa shape index (κ3) is 5.90. The minimum Gasteiger partial charge on any atom is -0.103 e. The van der Waals surface area contributed by atoms with Crippen LogP contribution in [-0.4, -0.2) is 0 Å². The van der Waals surface area contributed by atoms with Crippen molar-refractivity contribution >= 4 is 0 Å². The van der Waals surface area contributed by atoms with E-state index in [1.807, 2.05) is 12.2 Å². The van der Waals surface area contributed by atoms with Gasteiger partial charge in [0.2, 0.25) is 0 Å². The highest BCUT2D eigenvalue weighted by atomic mass is 14.1. The van der Waals surface area contributed by atoms with Crippen LogP contribution in [0.3, 0.4) is 0 Å². The van der Waals surface area contributed by atoms with Crippen LogP contribution in [0.1, 0.15) is 34.1 Å². The Hall–Kier alpha value is -0.520. The fourth-order valence-corrected chi connectivity index (χ4v) is 1.07. The topological polar surface area (TPSA) is 0 Å². The molecule has 0 saturated carbocycles. The second-order valence-corrected chi connectivity index (χ2v) is 3.05. The van der Waals surface area contributed by atoms with Crippen LogP contribution in [0.2, 0.25) is 0 Å². The molecule has 0 heterocycles. The van der Waals surface area contributed by atoms with Gasteiger partial charge in [-0.1, -0.05) is 33.4 Å². The highest BCUT2D eigenvalue weighted by Gasteiger charge is 2.08. The molecule has 0 aliphatic rings. The summed E-state index contributed by atoms with van der Waals surface area (Å²) in [5.41, 5.74) is 0. The predicted molar refractivity (Wildman–Crippen MR) is 54.7 cm³/mol. The van der Waals surface area contributed by atoms with Gasteiger partial charge in [0.1, 0.15) is 0 Å². The van der Waals surface area contributed by atoms with Gasteiger partial charge in [-0.05, 0) is 24.7 Å². The third-order valence-corrected chi connectivity index (χ3v) is 1.88. The molecule has 0 amide bonds. The largest absolute Gasteiger partial charge is 0.103 e. The maximum absolute atomic E-state index is 3.73. The zero-order valence-corrected chi connectivity index (χ0v) is 7.14. The van der Waals surface area contributed by atoms with Crippen molar-refractivity contribution in [1.29, 1.82) is 0 Å². The Labute approximate surface area is 72.0 Å². The summed E-state index contributed by atoms with van der Waals surface area (Å²) in [6.45, 7) is 12.0. The van der Waals surface area contributed by atoms with E-state index in [2.05, 4.69) is 27.0 Å². The van der Waals surface area contributed by atoms with Crippen LogP contribution >= 0.6 is 0 Å². The Kier molecular flexibility index (Phi) is 9.03. The van der Waals surface area contributed by atoms with E-state index >= 15 is 0 Å². The van der Waals surface area contributed by atoms with Crippen molar-refractivity contribution in [3.05, 3.63) is 25.3 Å². The maximum Gasteiger partial charge on any atom is -0.0319 e. The van der Waals surface area contributed by atoms with E-state index in [0.29, 0.717) is 0 Å². The van der Waals surface area contributed by atoms with Crippen LogP contribution in [0.4, 0.5) is 0 Å². The van der Waals surface area contributed by atoms with E-state index in [-0.39, 0.29) is 7.43 Å². The SMILES string of the molecule is C.C=CCC(CC=C)C(C)C. The zero-order chi connectivity index (χ0) is 7.98. The van der Waals surface area contributed by atoms with Gasteiger partial charge in [-0.2, -0.15) is 0 Å². The van der Waals surface area contributed by atoms with Crippen LogP contribution in [-0.2, 0) is 0 Å². The smallest absolute Gasteiger partial charge is 0.0319 e. The molecule has 0 N–H and O–H groups in total. The lowest BCUT2D eigenvalue weighted by Gasteiger charge is -2.16. The van der Waals surface area contributed by atoms with Crippen molar-refractivity contribution in [2.45, 2.75) is 34.1 Å². The summed E-state index contributed by atoms with van der Waals surface area (Å²) in [7, 11) is 0. The summed E-state index contributed by atoms with van der Waals surface area (Å²) in [5.74, 6) is 1.49. The number of hydrogen-bond donors (Lipinski definition) is 0. The molecule has 0 rings (SSSR count). The molecule has 0 atom stereocenters. The molecule has 0 unspecified atom stereocenters. The quantitative estimate of drug-likeness (QED) is 0.524. The third-order valence-electron chi connectivity index (χ3n) is 1.88. The van der Waals surface area contributed by atoms with Gasteiger partial charge in [0.15, 0.2) is 0 Å². The average molecular weight is 154 g/mol. The molecule has 66 valence electrons. The van der Waals surface area contributed by atoms with E-state index in [1.54, 1.807) is 0 Å². The van der Waals surface area contributed by atoms with Gasteiger partial charge >= 0.3 is 0 Å². The first kappa shape index (κ1) is 13.1. The molecule has 0 fully saturated rings. The van der Waals surface area contributed by atoms with E-state index in [0.717, 1.165) is 24.7 Å². The molecule has 0 aromatic carbocycles. The number of rotatable bonds is 5. The minimum atomic E-state index is 0. The Balaban J connectivity index is 0. The van der Waals surface area contributed by atoms with Gasteiger partial charge in [-0.3, -0.25) is 0 Å². The van der Waals surface area contributed by atoms with Gasteiger partial charge in [-0.25, -0.2) is 0 Å². The molecule has 0 aromatic rings. The summed E-state index contributed by atoms with van der Waals surface area (Å²) >= 11 is 0. The molecule has 0 aliphatic heterocycles. The van der Waals surface area contributed by atoms with Crippen LogP contribution in [0.15, 0.2) is 25.3 Å². The molecule has 11 heavy (non-hydrogen) atoms. The molecule has 0 radical (unpaired) electrons. The van der Waals surface area contributed by atoms with Crippen LogP contribution < -0.4 is 0 Å². The second-order valence-electron chi connectivity index (χ2n) is 3.05. The highest BCUT2D eigenvalue weighted by molar-refractivity contribution is 4.80. The normalized spacial score (nSPS) is 9.45. The van der Waals surface area contributed by atoms with Crippen LogP contribution in [0.25, 0.3) is 0 Å². The number of allylic oxidation sites excluding steroid dienone is 2. The lowest BCUT2D eigenvalue weighted by molar-refractivity contribution is 0.393. The fourth-order valence-electron chi connectivity index (χ4n) is 1.07. The van der Waals surface area contributed by atoms with Gasteiger partial charge in [0.05, 0.1) is 0 Å². The summed E-state index contributed by atoms with van der Waals surface area (Å²) in [5, 5.41) is 0. The Morgan fingerprint density at radius 1 is 1.09 bits per heavy atom.